The third-order valence-corrected chi connectivity index (χ3v) is 2.06. The summed E-state index contributed by atoms with van der Waals surface area (Å²) in [5.41, 5.74) is 5.39. The molecule has 0 fully saturated rings. The van der Waals surface area contributed by atoms with E-state index in [1.165, 1.54) is 51.4 Å². The van der Waals surface area contributed by atoms with E-state index in [0.29, 0.717) is 0 Å². The first kappa shape index (κ1) is 15.2. The van der Waals surface area contributed by atoms with Gasteiger partial charge in [-0.15, -0.1) is 0 Å². The van der Waals surface area contributed by atoms with Crippen molar-refractivity contribution >= 4 is 0 Å². The average molecular weight is 205 g/mol. The maximum atomic E-state index is 5.39. The van der Waals surface area contributed by atoms with Crippen LogP contribution in [0.2, 0.25) is 0 Å². The summed E-state index contributed by atoms with van der Waals surface area (Å²) in [5.74, 6) is 0. The van der Waals surface area contributed by atoms with Gasteiger partial charge in [-0.25, -0.2) is 0 Å². The van der Waals surface area contributed by atoms with Gasteiger partial charge in [-0.2, -0.15) is 0 Å². The van der Waals surface area contributed by atoms with Crippen LogP contribution < -0.4 is 5.73 Å². The molecule has 0 spiro atoms. The van der Waals surface area contributed by atoms with E-state index in [1.54, 1.807) is 0 Å². The largest absolute Gasteiger partial charge is 2.00 e. The molecule has 0 rings (SSSR count). The van der Waals surface area contributed by atoms with Crippen LogP contribution in [0.5, 0.6) is 0 Å². The van der Waals surface area contributed by atoms with Crippen LogP contribution >= 0.6 is 0 Å². The van der Waals surface area contributed by atoms with Gasteiger partial charge in [0.15, 0.2) is 0 Å². The minimum atomic E-state index is 0. The molecule has 0 bridgehead atoms. The van der Waals surface area contributed by atoms with Crippen LogP contribution in [0.4, 0.5) is 0 Å². The topological polar surface area (TPSA) is 26.0 Å². The normalized spacial score (nSPS) is 9.50. The van der Waals surface area contributed by atoms with Gasteiger partial charge in [0.2, 0.25) is 0 Å². The molecule has 0 radical (unpaired) electrons. The van der Waals surface area contributed by atoms with E-state index in [-0.39, 0.29) is 21.7 Å². The fourth-order valence-electron chi connectivity index (χ4n) is 1.28. The zero-order chi connectivity index (χ0) is 8.36. The second-order valence-corrected chi connectivity index (χ2v) is 3.26. The van der Waals surface area contributed by atoms with Crippen LogP contribution in [0.25, 0.3) is 0 Å². The van der Waals surface area contributed by atoms with Gasteiger partial charge in [0.25, 0.3) is 0 Å². The molecule has 0 aromatic heterocycles. The molecular formula is C10H23NTi+2. The van der Waals surface area contributed by atoms with Gasteiger partial charge in [-0.3, -0.25) is 0 Å². The van der Waals surface area contributed by atoms with Gasteiger partial charge in [-0.05, 0) is 13.0 Å². The molecule has 70 valence electrons. The quantitative estimate of drug-likeness (QED) is 0.478. The van der Waals surface area contributed by atoms with Gasteiger partial charge in [0.1, 0.15) is 0 Å². The second kappa shape index (κ2) is 14.2. The average Bonchev–Trinajstić information content (AvgIpc) is 2.03. The molecule has 0 saturated heterocycles. The molecule has 0 aliphatic heterocycles. The van der Waals surface area contributed by atoms with Gasteiger partial charge in [-0.1, -0.05) is 51.9 Å². The molecule has 0 saturated carbocycles. The number of rotatable bonds is 8. The standard InChI is InChI=1S/C10H23N.Ti/c1-2-3-4-5-6-7-8-9-10-11;/h2-11H2,1H3;/q;+2. The van der Waals surface area contributed by atoms with E-state index in [0.717, 1.165) is 6.54 Å². The van der Waals surface area contributed by atoms with Gasteiger partial charge >= 0.3 is 21.7 Å². The van der Waals surface area contributed by atoms with Crippen molar-refractivity contribution in [2.24, 2.45) is 5.73 Å². The van der Waals surface area contributed by atoms with Crippen LogP contribution in [0.1, 0.15) is 58.3 Å². The predicted molar refractivity (Wildman–Crippen MR) is 51.7 cm³/mol. The predicted octanol–water partition coefficient (Wildman–Crippen LogP) is 3.08. The second-order valence-electron chi connectivity index (χ2n) is 3.26. The molecule has 0 atom stereocenters. The fraction of sp³-hybridized carbons (Fsp3) is 1.00. The van der Waals surface area contributed by atoms with Crippen molar-refractivity contribution in [2.45, 2.75) is 58.3 Å². The Bertz CT molecular complexity index is 58.9. The molecule has 0 amide bonds. The Labute approximate surface area is 92.4 Å². The summed E-state index contributed by atoms with van der Waals surface area (Å²) in [6.45, 7) is 3.13. The molecule has 2 heteroatoms. The Kier molecular flexibility index (Phi) is 18.0. The molecule has 2 N–H and O–H groups in total. The monoisotopic (exact) mass is 205 g/mol. The van der Waals surface area contributed by atoms with Crippen molar-refractivity contribution in [3.05, 3.63) is 0 Å². The molecule has 0 aromatic rings. The number of hydrogen-bond donors (Lipinski definition) is 1. The summed E-state index contributed by atoms with van der Waals surface area (Å²) >= 11 is 0. The number of nitrogens with two attached hydrogens (primary N) is 1. The van der Waals surface area contributed by atoms with Crippen LogP contribution in [-0.4, -0.2) is 6.54 Å². The smallest absolute Gasteiger partial charge is 0.330 e. The van der Waals surface area contributed by atoms with Gasteiger partial charge in [0, 0.05) is 0 Å². The van der Waals surface area contributed by atoms with Crippen molar-refractivity contribution in [2.75, 3.05) is 6.54 Å². The van der Waals surface area contributed by atoms with E-state index in [1.807, 2.05) is 0 Å². The van der Waals surface area contributed by atoms with Crippen LogP contribution in [0.15, 0.2) is 0 Å². The third-order valence-electron chi connectivity index (χ3n) is 2.06. The van der Waals surface area contributed by atoms with Crippen molar-refractivity contribution in [1.82, 2.24) is 0 Å². The number of unbranched alkanes of at least 4 members (excludes halogenated alkanes) is 7. The molecule has 0 heterocycles. The Morgan fingerprint density at radius 2 is 1.17 bits per heavy atom. The van der Waals surface area contributed by atoms with Crippen LogP contribution in [-0.2, 0) is 21.7 Å². The Morgan fingerprint density at radius 1 is 0.750 bits per heavy atom. The summed E-state index contributed by atoms with van der Waals surface area (Å²) in [6, 6.07) is 0. The summed E-state index contributed by atoms with van der Waals surface area (Å²) in [4.78, 5) is 0. The minimum absolute atomic E-state index is 0. The first-order valence-electron chi connectivity index (χ1n) is 5.12. The molecule has 0 aromatic carbocycles. The van der Waals surface area contributed by atoms with Crippen molar-refractivity contribution in [3.63, 3.8) is 0 Å². The Balaban J connectivity index is 0. The Hall–Kier alpha value is 0.674. The minimum Gasteiger partial charge on any atom is -0.330 e. The third kappa shape index (κ3) is 13.3. The van der Waals surface area contributed by atoms with E-state index < -0.39 is 0 Å². The zero-order valence-electron chi connectivity index (χ0n) is 8.44. The van der Waals surface area contributed by atoms with E-state index >= 15 is 0 Å². The van der Waals surface area contributed by atoms with Crippen molar-refractivity contribution < 1.29 is 21.7 Å². The Morgan fingerprint density at radius 3 is 1.58 bits per heavy atom. The van der Waals surface area contributed by atoms with Gasteiger partial charge < -0.3 is 5.73 Å². The van der Waals surface area contributed by atoms with E-state index in [4.69, 9.17) is 5.73 Å². The first-order chi connectivity index (χ1) is 5.41. The first-order valence-corrected chi connectivity index (χ1v) is 5.12. The summed E-state index contributed by atoms with van der Waals surface area (Å²) in [5, 5.41) is 0. The zero-order valence-corrected chi connectivity index (χ0v) is 10.0. The molecule has 0 aliphatic rings. The van der Waals surface area contributed by atoms with Crippen LogP contribution in [0.3, 0.4) is 0 Å². The van der Waals surface area contributed by atoms with Crippen molar-refractivity contribution in [1.29, 1.82) is 0 Å². The van der Waals surface area contributed by atoms with E-state index in [9.17, 15) is 0 Å². The number of hydrogen-bond acceptors (Lipinski definition) is 1. The van der Waals surface area contributed by atoms with Gasteiger partial charge in [0.05, 0.1) is 0 Å². The summed E-state index contributed by atoms with van der Waals surface area (Å²) in [6.07, 6.45) is 11.0. The van der Waals surface area contributed by atoms with Crippen LogP contribution in [0, 0.1) is 0 Å². The maximum Gasteiger partial charge on any atom is 2.00 e. The van der Waals surface area contributed by atoms with E-state index in [2.05, 4.69) is 6.92 Å². The molecule has 0 aliphatic carbocycles. The SMILES string of the molecule is CCCCCCCCCCN.[Ti+2]. The molecule has 0 unspecified atom stereocenters. The molecular weight excluding hydrogens is 182 g/mol. The molecule has 12 heavy (non-hydrogen) atoms. The van der Waals surface area contributed by atoms with Crippen molar-refractivity contribution in [3.8, 4) is 0 Å². The summed E-state index contributed by atoms with van der Waals surface area (Å²) < 4.78 is 0. The molecule has 1 nitrogen and oxygen atoms in total. The maximum absolute atomic E-state index is 5.39. The summed E-state index contributed by atoms with van der Waals surface area (Å²) in [7, 11) is 0. The fourth-order valence-corrected chi connectivity index (χ4v) is 1.28.